The molecule has 0 amide bonds. The number of guanidine groups is 1. The first-order chi connectivity index (χ1) is 9.12. The number of nitrogens with zero attached hydrogens (tertiary/aromatic N) is 2. The first kappa shape index (κ1) is 18.9. The maximum absolute atomic E-state index is 13.2. The molecule has 0 aliphatic heterocycles. The van der Waals surface area contributed by atoms with Crippen molar-refractivity contribution < 1.29 is 9.13 Å². The Bertz CT molecular complexity index is 436. The van der Waals surface area contributed by atoms with Gasteiger partial charge in [-0.1, -0.05) is 6.07 Å². The van der Waals surface area contributed by atoms with Gasteiger partial charge in [0.2, 0.25) is 0 Å². The van der Waals surface area contributed by atoms with Crippen LogP contribution < -0.4 is 10.5 Å². The Morgan fingerprint density at radius 1 is 1.35 bits per heavy atom. The molecule has 114 valence electrons. The maximum Gasteiger partial charge on any atom is 0.191 e. The van der Waals surface area contributed by atoms with E-state index >= 15 is 0 Å². The Balaban J connectivity index is 0.00000361. The van der Waals surface area contributed by atoms with Crippen molar-refractivity contribution in [3.63, 3.8) is 0 Å². The maximum atomic E-state index is 13.2. The van der Waals surface area contributed by atoms with Crippen LogP contribution in [0.1, 0.15) is 19.4 Å². The van der Waals surface area contributed by atoms with Gasteiger partial charge in [0, 0.05) is 19.6 Å². The molecule has 1 aromatic rings. The fraction of sp³-hybridized carbons (Fsp3) is 0.500. The number of nitrogens with two attached hydrogens (primary N) is 1. The van der Waals surface area contributed by atoms with E-state index in [1.165, 1.54) is 13.2 Å². The SMILES string of the molecule is CCN(CC)C(N)=NCCc1ccc(F)c(OC)c1.I. The molecule has 0 aliphatic rings. The minimum Gasteiger partial charge on any atom is -0.494 e. The average molecular weight is 395 g/mol. The van der Waals surface area contributed by atoms with Gasteiger partial charge in [0.05, 0.1) is 7.11 Å². The normalized spacial score (nSPS) is 10.9. The molecule has 0 fully saturated rings. The summed E-state index contributed by atoms with van der Waals surface area (Å²) in [5.41, 5.74) is 6.86. The molecule has 0 bridgehead atoms. The van der Waals surface area contributed by atoms with Crippen molar-refractivity contribution in [1.82, 2.24) is 4.90 Å². The van der Waals surface area contributed by atoms with Crippen LogP contribution in [0.5, 0.6) is 5.75 Å². The third kappa shape index (κ3) is 5.52. The van der Waals surface area contributed by atoms with Crippen molar-refractivity contribution in [2.24, 2.45) is 10.7 Å². The summed E-state index contributed by atoms with van der Waals surface area (Å²) in [6, 6.07) is 4.84. The molecular weight excluding hydrogens is 372 g/mol. The van der Waals surface area contributed by atoms with Crippen LogP contribution in [0, 0.1) is 5.82 Å². The van der Waals surface area contributed by atoms with Crippen LogP contribution in [-0.2, 0) is 6.42 Å². The summed E-state index contributed by atoms with van der Waals surface area (Å²) < 4.78 is 18.2. The molecule has 0 saturated heterocycles. The Morgan fingerprint density at radius 3 is 2.55 bits per heavy atom. The molecule has 20 heavy (non-hydrogen) atoms. The number of hydrogen-bond acceptors (Lipinski definition) is 2. The summed E-state index contributed by atoms with van der Waals surface area (Å²) in [6.07, 6.45) is 0.707. The van der Waals surface area contributed by atoms with Crippen LogP contribution in [0.2, 0.25) is 0 Å². The molecule has 1 rings (SSSR count). The highest BCUT2D eigenvalue weighted by Gasteiger charge is 2.04. The molecule has 1 aromatic carbocycles. The molecule has 0 unspecified atom stereocenters. The minimum atomic E-state index is -0.350. The first-order valence-corrected chi connectivity index (χ1v) is 6.49. The van der Waals surface area contributed by atoms with Gasteiger partial charge < -0.3 is 15.4 Å². The molecule has 4 nitrogen and oxygen atoms in total. The smallest absolute Gasteiger partial charge is 0.191 e. The lowest BCUT2D eigenvalue weighted by molar-refractivity contribution is 0.386. The standard InChI is InChI=1S/C14H22FN3O.HI/c1-4-18(5-2)14(16)17-9-8-11-6-7-12(15)13(10-11)19-3;/h6-7,10H,4-5,8-9H2,1-3H3,(H2,16,17);1H. The van der Waals surface area contributed by atoms with Crippen LogP contribution in [-0.4, -0.2) is 37.6 Å². The molecule has 0 atom stereocenters. The third-order valence-corrected chi connectivity index (χ3v) is 2.98. The fourth-order valence-corrected chi connectivity index (χ4v) is 1.81. The minimum absolute atomic E-state index is 0. The average Bonchev–Trinajstić information content (AvgIpc) is 2.42. The Kier molecular flexibility index (Phi) is 9.28. The zero-order valence-corrected chi connectivity index (χ0v) is 14.6. The van der Waals surface area contributed by atoms with Crippen molar-refractivity contribution in [2.45, 2.75) is 20.3 Å². The predicted octanol–water partition coefficient (Wildman–Crippen LogP) is 2.65. The van der Waals surface area contributed by atoms with Gasteiger partial charge in [0.25, 0.3) is 0 Å². The number of rotatable bonds is 6. The van der Waals surface area contributed by atoms with Gasteiger partial charge in [-0.2, -0.15) is 0 Å². The number of aliphatic imine (C=N–C) groups is 1. The number of halogens is 2. The number of ether oxygens (including phenoxy) is 1. The van der Waals surface area contributed by atoms with E-state index in [1.807, 2.05) is 18.7 Å². The highest BCUT2D eigenvalue weighted by Crippen LogP contribution is 2.18. The van der Waals surface area contributed by atoms with Crippen LogP contribution >= 0.6 is 24.0 Å². The third-order valence-electron chi connectivity index (χ3n) is 2.98. The topological polar surface area (TPSA) is 50.8 Å². The van der Waals surface area contributed by atoms with Crippen molar-refractivity contribution in [1.29, 1.82) is 0 Å². The highest BCUT2D eigenvalue weighted by molar-refractivity contribution is 14.0. The highest BCUT2D eigenvalue weighted by atomic mass is 127. The van der Waals surface area contributed by atoms with Gasteiger partial charge in [-0.25, -0.2) is 4.39 Å². The summed E-state index contributed by atoms with van der Waals surface area (Å²) >= 11 is 0. The van der Waals surface area contributed by atoms with Crippen LogP contribution in [0.25, 0.3) is 0 Å². The first-order valence-electron chi connectivity index (χ1n) is 6.49. The van der Waals surface area contributed by atoms with E-state index in [2.05, 4.69) is 4.99 Å². The second-order valence-electron chi connectivity index (χ2n) is 4.13. The Morgan fingerprint density at radius 2 is 2.00 bits per heavy atom. The summed E-state index contributed by atoms with van der Waals surface area (Å²) in [4.78, 5) is 6.32. The largest absolute Gasteiger partial charge is 0.494 e. The van der Waals surface area contributed by atoms with Gasteiger partial charge in [0.15, 0.2) is 17.5 Å². The van der Waals surface area contributed by atoms with Crippen LogP contribution in [0.3, 0.4) is 0 Å². The molecular formula is C14H23FIN3O. The van der Waals surface area contributed by atoms with Gasteiger partial charge in [0.1, 0.15) is 0 Å². The lowest BCUT2D eigenvalue weighted by Crippen LogP contribution is -2.37. The van der Waals surface area contributed by atoms with E-state index < -0.39 is 0 Å². The molecule has 0 radical (unpaired) electrons. The summed E-state index contributed by atoms with van der Waals surface area (Å²) in [5, 5.41) is 0. The molecule has 2 N–H and O–H groups in total. The Hall–Kier alpha value is -1.05. The lowest BCUT2D eigenvalue weighted by atomic mass is 10.1. The van der Waals surface area contributed by atoms with Gasteiger partial charge >= 0.3 is 0 Å². The van der Waals surface area contributed by atoms with Crippen LogP contribution in [0.4, 0.5) is 4.39 Å². The second kappa shape index (κ2) is 9.79. The molecule has 6 heteroatoms. The van der Waals surface area contributed by atoms with E-state index in [0.717, 1.165) is 18.7 Å². The van der Waals surface area contributed by atoms with Gasteiger partial charge in [-0.05, 0) is 38.0 Å². The van der Waals surface area contributed by atoms with E-state index in [4.69, 9.17) is 10.5 Å². The Labute approximate surface area is 137 Å². The van der Waals surface area contributed by atoms with E-state index in [0.29, 0.717) is 18.9 Å². The van der Waals surface area contributed by atoms with E-state index in [9.17, 15) is 4.39 Å². The summed E-state index contributed by atoms with van der Waals surface area (Å²) in [5.74, 6) is 0.467. The lowest BCUT2D eigenvalue weighted by Gasteiger charge is -2.19. The zero-order chi connectivity index (χ0) is 14.3. The zero-order valence-electron chi connectivity index (χ0n) is 12.2. The fourth-order valence-electron chi connectivity index (χ4n) is 1.81. The monoisotopic (exact) mass is 395 g/mol. The summed E-state index contributed by atoms with van der Waals surface area (Å²) in [7, 11) is 1.46. The quantitative estimate of drug-likeness (QED) is 0.458. The molecule has 0 spiro atoms. The number of benzene rings is 1. The van der Waals surface area contributed by atoms with E-state index in [1.54, 1.807) is 12.1 Å². The second-order valence-corrected chi connectivity index (χ2v) is 4.13. The van der Waals surface area contributed by atoms with Gasteiger partial charge in [-0.15, -0.1) is 24.0 Å². The predicted molar refractivity (Wildman–Crippen MR) is 91.5 cm³/mol. The van der Waals surface area contributed by atoms with E-state index in [-0.39, 0.29) is 35.5 Å². The molecule has 0 aliphatic carbocycles. The van der Waals surface area contributed by atoms with Crippen LogP contribution in [0.15, 0.2) is 23.2 Å². The van der Waals surface area contributed by atoms with Crippen molar-refractivity contribution >= 4 is 29.9 Å². The molecule has 0 heterocycles. The number of methoxy groups -OCH3 is 1. The van der Waals surface area contributed by atoms with Crippen molar-refractivity contribution in [3.05, 3.63) is 29.6 Å². The van der Waals surface area contributed by atoms with Gasteiger partial charge in [-0.3, -0.25) is 4.99 Å². The summed E-state index contributed by atoms with van der Waals surface area (Å²) in [6.45, 7) is 6.34. The number of hydrogen-bond donors (Lipinski definition) is 1. The van der Waals surface area contributed by atoms with Crippen molar-refractivity contribution in [2.75, 3.05) is 26.7 Å². The molecule has 0 saturated carbocycles. The van der Waals surface area contributed by atoms with Crippen molar-refractivity contribution in [3.8, 4) is 5.75 Å². The molecule has 0 aromatic heterocycles.